The molecule has 5 nitrogen and oxygen atoms in total. The standard InChI is InChI=1S/C36H38N2O3/c1-26-34-24-30(28-8-13-31(39)14-9-28)12-19-35(34)38(36(26)29-10-15-32(40)16-11-29)25-27-6-17-33(18-7-27)41-23-22-37-20-4-2-3-5-21-37/h6-19,24,39-40H,2-5,20-23,25H2,1H3. The Morgan fingerprint density at radius 1 is 0.683 bits per heavy atom. The van der Waals surface area contributed by atoms with Crippen LogP contribution in [0, 0.1) is 6.92 Å². The fraction of sp³-hybridized carbons (Fsp3) is 0.278. The number of aromatic hydroxyl groups is 2. The SMILES string of the molecule is Cc1c(-c2ccc(O)cc2)n(Cc2ccc(OCCN3CCCCCC3)cc2)c2ccc(-c3ccc(O)cc3)cc12. The van der Waals surface area contributed by atoms with Crippen molar-refractivity contribution in [3.8, 4) is 39.6 Å². The Morgan fingerprint density at radius 3 is 1.95 bits per heavy atom. The summed E-state index contributed by atoms with van der Waals surface area (Å²) in [6.07, 6.45) is 5.30. The summed E-state index contributed by atoms with van der Waals surface area (Å²) in [5, 5.41) is 20.9. The Morgan fingerprint density at radius 2 is 1.29 bits per heavy atom. The van der Waals surface area contributed by atoms with Crippen LogP contribution < -0.4 is 4.74 Å². The third kappa shape index (κ3) is 6.10. The van der Waals surface area contributed by atoms with E-state index < -0.39 is 0 Å². The van der Waals surface area contributed by atoms with Gasteiger partial charge in [-0.1, -0.05) is 43.2 Å². The third-order valence-electron chi connectivity index (χ3n) is 8.30. The molecule has 1 aliphatic rings. The summed E-state index contributed by atoms with van der Waals surface area (Å²) < 4.78 is 8.48. The van der Waals surface area contributed by atoms with E-state index in [1.165, 1.54) is 55.3 Å². The second-order valence-corrected chi connectivity index (χ2v) is 11.1. The molecular formula is C36H38N2O3. The van der Waals surface area contributed by atoms with Gasteiger partial charge in [0.05, 0.1) is 5.69 Å². The van der Waals surface area contributed by atoms with Crippen LogP contribution in [0.3, 0.4) is 0 Å². The highest BCUT2D eigenvalue weighted by atomic mass is 16.5. The van der Waals surface area contributed by atoms with Crippen molar-refractivity contribution < 1.29 is 14.9 Å². The van der Waals surface area contributed by atoms with Gasteiger partial charge < -0.3 is 19.5 Å². The average Bonchev–Trinajstić information content (AvgIpc) is 3.13. The number of aryl methyl sites for hydroxylation is 1. The first-order valence-electron chi connectivity index (χ1n) is 14.7. The van der Waals surface area contributed by atoms with Crippen LogP contribution in [0.2, 0.25) is 0 Å². The number of nitrogens with zero attached hydrogens (tertiary/aromatic N) is 2. The van der Waals surface area contributed by atoms with Gasteiger partial charge in [0, 0.05) is 24.0 Å². The summed E-state index contributed by atoms with van der Waals surface area (Å²) in [6, 6.07) is 29.9. The number of aromatic nitrogens is 1. The van der Waals surface area contributed by atoms with E-state index in [-0.39, 0.29) is 11.5 Å². The molecule has 0 atom stereocenters. The molecule has 0 bridgehead atoms. The van der Waals surface area contributed by atoms with E-state index in [1.807, 2.05) is 24.3 Å². The molecule has 1 fully saturated rings. The lowest BCUT2D eigenvalue weighted by atomic mass is 10.0. The van der Waals surface area contributed by atoms with Gasteiger partial charge in [-0.15, -0.1) is 0 Å². The van der Waals surface area contributed by atoms with Gasteiger partial charge in [-0.25, -0.2) is 0 Å². The molecular weight excluding hydrogens is 508 g/mol. The van der Waals surface area contributed by atoms with Gasteiger partial charge in [-0.3, -0.25) is 4.90 Å². The molecule has 0 aliphatic carbocycles. The van der Waals surface area contributed by atoms with Crippen LogP contribution in [0.15, 0.2) is 91.0 Å². The van der Waals surface area contributed by atoms with Crippen molar-refractivity contribution in [2.75, 3.05) is 26.2 Å². The second kappa shape index (κ2) is 12.1. The lowest BCUT2D eigenvalue weighted by Crippen LogP contribution is -2.29. The van der Waals surface area contributed by atoms with Crippen molar-refractivity contribution in [1.29, 1.82) is 0 Å². The molecule has 2 heterocycles. The number of hydrogen-bond donors (Lipinski definition) is 2. The van der Waals surface area contributed by atoms with Crippen molar-refractivity contribution in [1.82, 2.24) is 9.47 Å². The summed E-state index contributed by atoms with van der Waals surface area (Å²) in [4.78, 5) is 2.53. The maximum absolute atomic E-state index is 9.93. The molecule has 2 N–H and O–H groups in total. The summed E-state index contributed by atoms with van der Waals surface area (Å²) >= 11 is 0. The van der Waals surface area contributed by atoms with Crippen LogP contribution in [0.5, 0.6) is 17.2 Å². The fourth-order valence-corrected chi connectivity index (χ4v) is 6.04. The fourth-order valence-electron chi connectivity index (χ4n) is 6.04. The summed E-state index contributed by atoms with van der Waals surface area (Å²) in [7, 11) is 0. The third-order valence-corrected chi connectivity index (χ3v) is 8.30. The first-order valence-corrected chi connectivity index (χ1v) is 14.7. The van der Waals surface area contributed by atoms with E-state index in [4.69, 9.17) is 4.74 Å². The molecule has 0 spiro atoms. The highest BCUT2D eigenvalue weighted by molar-refractivity contribution is 5.94. The Labute approximate surface area is 242 Å². The second-order valence-electron chi connectivity index (χ2n) is 11.1. The van der Waals surface area contributed by atoms with Gasteiger partial charge >= 0.3 is 0 Å². The molecule has 41 heavy (non-hydrogen) atoms. The summed E-state index contributed by atoms with van der Waals surface area (Å²) in [5.41, 5.74) is 7.93. The number of phenols is 2. The minimum Gasteiger partial charge on any atom is -0.508 e. The van der Waals surface area contributed by atoms with Crippen LogP contribution in [-0.4, -0.2) is 45.9 Å². The predicted molar refractivity (Wildman–Crippen MR) is 167 cm³/mol. The predicted octanol–water partition coefficient (Wildman–Crippen LogP) is 8.00. The van der Waals surface area contributed by atoms with Crippen molar-refractivity contribution in [2.45, 2.75) is 39.2 Å². The molecule has 5 aromatic rings. The number of rotatable bonds is 8. The minimum absolute atomic E-state index is 0.259. The number of fused-ring (bicyclic) bond motifs is 1. The van der Waals surface area contributed by atoms with Crippen LogP contribution in [0.1, 0.15) is 36.8 Å². The number of ether oxygens (including phenoxy) is 1. The zero-order valence-corrected chi connectivity index (χ0v) is 23.7. The number of phenolic OH excluding ortho intramolecular Hbond substituents is 2. The van der Waals surface area contributed by atoms with Gasteiger partial charge in [-0.2, -0.15) is 0 Å². The number of hydrogen-bond acceptors (Lipinski definition) is 4. The van der Waals surface area contributed by atoms with E-state index in [2.05, 4.69) is 58.9 Å². The zero-order chi connectivity index (χ0) is 28.2. The molecule has 0 unspecified atom stereocenters. The highest BCUT2D eigenvalue weighted by Crippen LogP contribution is 2.37. The smallest absolute Gasteiger partial charge is 0.119 e. The van der Waals surface area contributed by atoms with Gasteiger partial charge in [0.25, 0.3) is 0 Å². The van der Waals surface area contributed by atoms with Gasteiger partial charge in [0.15, 0.2) is 0 Å². The quantitative estimate of drug-likeness (QED) is 0.207. The molecule has 1 aromatic heterocycles. The molecule has 0 amide bonds. The van der Waals surface area contributed by atoms with Crippen molar-refractivity contribution in [3.05, 3.63) is 102 Å². The molecule has 0 saturated carbocycles. The molecule has 6 rings (SSSR count). The molecule has 4 aromatic carbocycles. The highest BCUT2D eigenvalue weighted by Gasteiger charge is 2.17. The molecule has 1 aliphatic heterocycles. The average molecular weight is 547 g/mol. The van der Waals surface area contributed by atoms with E-state index in [0.29, 0.717) is 6.54 Å². The first kappa shape index (κ1) is 27.0. The molecule has 5 heteroatoms. The Kier molecular flexibility index (Phi) is 7.97. The minimum atomic E-state index is 0.259. The van der Waals surface area contributed by atoms with Crippen LogP contribution in [0.4, 0.5) is 0 Å². The van der Waals surface area contributed by atoms with E-state index >= 15 is 0 Å². The summed E-state index contributed by atoms with van der Waals surface area (Å²) in [6.45, 7) is 6.96. The Bertz CT molecular complexity index is 1590. The van der Waals surface area contributed by atoms with Crippen LogP contribution >= 0.6 is 0 Å². The van der Waals surface area contributed by atoms with E-state index in [0.717, 1.165) is 46.8 Å². The number of likely N-dealkylation sites (tertiary alicyclic amines) is 1. The largest absolute Gasteiger partial charge is 0.508 e. The Balaban J connectivity index is 1.27. The van der Waals surface area contributed by atoms with Crippen molar-refractivity contribution >= 4 is 10.9 Å². The molecule has 0 radical (unpaired) electrons. The normalized spacial score (nSPS) is 14.3. The van der Waals surface area contributed by atoms with Crippen LogP contribution in [-0.2, 0) is 6.54 Å². The van der Waals surface area contributed by atoms with Gasteiger partial charge in [0.2, 0.25) is 0 Å². The lowest BCUT2D eigenvalue weighted by Gasteiger charge is -2.19. The topological polar surface area (TPSA) is 57.9 Å². The Hall–Kier alpha value is -4.22. The summed E-state index contributed by atoms with van der Waals surface area (Å²) in [5.74, 6) is 1.44. The van der Waals surface area contributed by atoms with E-state index in [1.54, 1.807) is 24.3 Å². The van der Waals surface area contributed by atoms with Gasteiger partial charge in [-0.05, 0) is 121 Å². The molecule has 1 saturated heterocycles. The lowest BCUT2D eigenvalue weighted by molar-refractivity contribution is 0.214. The maximum Gasteiger partial charge on any atom is 0.119 e. The maximum atomic E-state index is 9.93. The van der Waals surface area contributed by atoms with E-state index in [9.17, 15) is 10.2 Å². The molecule has 210 valence electrons. The zero-order valence-electron chi connectivity index (χ0n) is 23.7. The number of benzene rings is 4. The monoisotopic (exact) mass is 546 g/mol. The van der Waals surface area contributed by atoms with Crippen LogP contribution in [0.25, 0.3) is 33.3 Å². The van der Waals surface area contributed by atoms with Crippen molar-refractivity contribution in [2.24, 2.45) is 0 Å². The first-order chi connectivity index (χ1) is 20.0. The van der Waals surface area contributed by atoms with Crippen molar-refractivity contribution in [3.63, 3.8) is 0 Å². The van der Waals surface area contributed by atoms with Gasteiger partial charge in [0.1, 0.15) is 23.9 Å².